The maximum atomic E-state index is 11.4. The van der Waals surface area contributed by atoms with Crippen molar-refractivity contribution < 1.29 is 14.6 Å². The average molecular weight is 420 g/mol. The molecule has 0 bridgehead atoms. The number of aromatic carboxylic acids is 1. The average Bonchev–Trinajstić information content (AvgIpc) is 3.22. The van der Waals surface area contributed by atoms with Crippen molar-refractivity contribution in [2.45, 2.75) is 13.3 Å². The summed E-state index contributed by atoms with van der Waals surface area (Å²) >= 11 is 1.75. The van der Waals surface area contributed by atoms with E-state index in [-0.39, 0.29) is 5.56 Å². The Bertz CT molecular complexity index is 1190. The highest BCUT2D eigenvalue weighted by Crippen LogP contribution is 2.27. The Hall–Kier alpha value is -3.45. The summed E-state index contributed by atoms with van der Waals surface area (Å²) < 4.78 is 6.79. The molecule has 7 heteroatoms. The monoisotopic (exact) mass is 419 g/mol. The Morgan fingerprint density at radius 2 is 2.03 bits per heavy atom. The lowest BCUT2D eigenvalue weighted by Gasteiger charge is -2.10. The van der Waals surface area contributed by atoms with Gasteiger partial charge in [0.2, 0.25) is 0 Å². The van der Waals surface area contributed by atoms with E-state index < -0.39 is 5.97 Å². The van der Waals surface area contributed by atoms with E-state index in [0.717, 1.165) is 24.3 Å². The van der Waals surface area contributed by atoms with Crippen molar-refractivity contribution in [3.63, 3.8) is 0 Å². The molecule has 4 aromatic rings. The summed E-state index contributed by atoms with van der Waals surface area (Å²) in [6, 6.07) is 15.5. The number of anilines is 1. The molecule has 0 aliphatic heterocycles. The first-order valence-corrected chi connectivity index (χ1v) is 10.5. The zero-order valence-electron chi connectivity index (χ0n) is 16.5. The molecule has 0 aliphatic rings. The Kier molecular flexibility index (Phi) is 5.90. The molecule has 0 fully saturated rings. The van der Waals surface area contributed by atoms with E-state index in [4.69, 9.17) is 4.74 Å². The minimum absolute atomic E-state index is 0.135. The highest BCUT2D eigenvalue weighted by molar-refractivity contribution is 7.17. The molecule has 0 saturated carbocycles. The largest absolute Gasteiger partial charge is 0.493 e. The SMILES string of the molecule is CCOc1cc(-c2cc(NCCc3ccc4ccsc4c3)ncn2)ccc1C(=O)O. The first kappa shape index (κ1) is 19.8. The highest BCUT2D eigenvalue weighted by atomic mass is 32.1. The molecular weight excluding hydrogens is 398 g/mol. The second kappa shape index (κ2) is 8.92. The van der Waals surface area contributed by atoms with Crippen LogP contribution < -0.4 is 10.1 Å². The van der Waals surface area contributed by atoms with E-state index >= 15 is 0 Å². The minimum atomic E-state index is -1.02. The smallest absolute Gasteiger partial charge is 0.339 e. The summed E-state index contributed by atoms with van der Waals surface area (Å²) in [5.74, 6) is 0.0350. The van der Waals surface area contributed by atoms with E-state index in [1.165, 1.54) is 22.0 Å². The van der Waals surface area contributed by atoms with Gasteiger partial charge in [-0.15, -0.1) is 11.3 Å². The molecular formula is C23H21N3O3S. The van der Waals surface area contributed by atoms with Gasteiger partial charge < -0.3 is 15.2 Å². The van der Waals surface area contributed by atoms with Crippen LogP contribution in [0.4, 0.5) is 5.82 Å². The molecule has 2 aromatic carbocycles. The summed E-state index contributed by atoms with van der Waals surface area (Å²) in [7, 11) is 0. The van der Waals surface area contributed by atoms with Gasteiger partial charge in [-0.25, -0.2) is 14.8 Å². The fourth-order valence-electron chi connectivity index (χ4n) is 3.23. The van der Waals surface area contributed by atoms with E-state index in [0.29, 0.717) is 18.1 Å². The fraction of sp³-hybridized carbons (Fsp3) is 0.174. The number of carbonyl (C=O) groups is 1. The number of rotatable bonds is 8. The molecule has 0 radical (unpaired) electrons. The zero-order valence-corrected chi connectivity index (χ0v) is 17.3. The van der Waals surface area contributed by atoms with Gasteiger partial charge in [-0.2, -0.15) is 0 Å². The first-order chi connectivity index (χ1) is 14.6. The number of hydrogen-bond donors (Lipinski definition) is 2. The quantitative estimate of drug-likeness (QED) is 0.413. The molecule has 0 unspecified atom stereocenters. The van der Waals surface area contributed by atoms with Gasteiger partial charge in [0.05, 0.1) is 12.3 Å². The summed E-state index contributed by atoms with van der Waals surface area (Å²) in [4.78, 5) is 20.0. The fourth-order valence-corrected chi connectivity index (χ4v) is 4.09. The van der Waals surface area contributed by atoms with Crippen LogP contribution >= 0.6 is 11.3 Å². The van der Waals surface area contributed by atoms with Crippen molar-refractivity contribution in [2.75, 3.05) is 18.5 Å². The van der Waals surface area contributed by atoms with Crippen LogP contribution in [0.1, 0.15) is 22.8 Å². The third kappa shape index (κ3) is 4.41. The van der Waals surface area contributed by atoms with Crippen LogP contribution in [0.15, 0.2) is 60.2 Å². The molecule has 0 spiro atoms. The first-order valence-electron chi connectivity index (χ1n) is 9.66. The molecule has 0 saturated heterocycles. The molecule has 30 heavy (non-hydrogen) atoms. The van der Waals surface area contributed by atoms with Crippen molar-refractivity contribution in [1.29, 1.82) is 0 Å². The highest BCUT2D eigenvalue weighted by Gasteiger charge is 2.13. The standard InChI is InChI=1S/C23H21N3O3S/c1-2-29-20-12-17(5-6-18(20)23(27)28)19-13-22(26-14-25-19)24-9-7-15-3-4-16-8-10-30-21(16)11-15/h3-6,8,10-14H,2,7,9H2,1H3,(H,27,28)(H,24,25,26). The Labute approximate surface area is 178 Å². The van der Waals surface area contributed by atoms with Gasteiger partial charge >= 0.3 is 5.97 Å². The van der Waals surface area contributed by atoms with Crippen molar-refractivity contribution in [2.24, 2.45) is 0 Å². The molecule has 0 atom stereocenters. The van der Waals surface area contributed by atoms with E-state index in [2.05, 4.69) is 44.9 Å². The number of fused-ring (bicyclic) bond motifs is 1. The maximum Gasteiger partial charge on any atom is 0.339 e. The molecule has 152 valence electrons. The van der Waals surface area contributed by atoms with Crippen molar-refractivity contribution >= 4 is 33.2 Å². The lowest BCUT2D eigenvalue weighted by Crippen LogP contribution is -2.07. The van der Waals surface area contributed by atoms with E-state index in [1.54, 1.807) is 29.5 Å². The summed E-state index contributed by atoms with van der Waals surface area (Å²) in [5, 5.41) is 16.0. The van der Waals surface area contributed by atoms with Crippen molar-refractivity contribution in [1.82, 2.24) is 9.97 Å². The van der Waals surface area contributed by atoms with Gasteiger partial charge in [0.15, 0.2) is 0 Å². The van der Waals surface area contributed by atoms with Crippen LogP contribution in [-0.2, 0) is 6.42 Å². The summed E-state index contributed by atoms with van der Waals surface area (Å²) in [6.07, 6.45) is 2.38. The summed E-state index contributed by atoms with van der Waals surface area (Å²) in [5.41, 5.74) is 2.88. The number of carboxylic acid groups (broad SMARTS) is 1. The molecule has 6 nitrogen and oxygen atoms in total. The zero-order chi connectivity index (χ0) is 20.9. The van der Waals surface area contributed by atoms with Crippen LogP contribution in [0.25, 0.3) is 21.3 Å². The Morgan fingerprint density at radius 1 is 1.13 bits per heavy atom. The number of thiophene rings is 1. The Balaban J connectivity index is 1.47. The Morgan fingerprint density at radius 3 is 2.87 bits per heavy atom. The lowest BCUT2D eigenvalue weighted by atomic mass is 10.1. The van der Waals surface area contributed by atoms with Gasteiger partial charge in [0.1, 0.15) is 23.5 Å². The number of aromatic nitrogens is 2. The van der Waals surface area contributed by atoms with Gasteiger partial charge in [-0.05, 0) is 53.9 Å². The van der Waals surface area contributed by atoms with Crippen LogP contribution in [0, 0.1) is 0 Å². The molecule has 0 amide bonds. The normalized spacial score (nSPS) is 10.8. The topological polar surface area (TPSA) is 84.3 Å². The third-order valence-electron chi connectivity index (χ3n) is 4.72. The molecule has 2 aromatic heterocycles. The number of nitrogens with zero attached hydrogens (tertiary/aromatic N) is 2. The van der Waals surface area contributed by atoms with Crippen LogP contribution in [-0.4, -0.2) is 34.2 Å². The molecule has 0 aliphatic carbocycles. The van der Waals surface area contributed by atoms with Crippen LogP contribution in [0.2, 0.25) is 0 Å². The maximum absolute atomic E-state index is 11.4. The van der Waals surface area contributed by atoms with Crippen LogP contribution in [0.3, 0.4) is 0 Å². The lowest BCUT2D eigenvalue weighted by molar-refractivity contribution is 0.0692. The van der Waals surface area contributed by atoms with Crippen LogP contribution in [0.5, 0.6) is 5.75 Å². The van der Waals surface area contributed by atoms with Crippen molar-refractivity contribution in [3.05, 3.63) is 71.4 Å². The van der Waals surface area contributed by atoms with Gasteiger partial charge in [0.25, 0.3) is 0 Å². The number of carboxylic acids is 1. The number of benzene rings is 2. The number of ether oxygens (including phenoxy) is 1. The van der Waals surface area contributed by atoms with Gasteiger partial charge in [0, 0.05) is 22.9 Å². The molecule has 2 heterocycles. The number of nitrogens with one attached hydrogen (secondary N) is 1. The minimum Gasteiger partial charge on any atom is -0.493 e. The van der Waals surface area contributed by atoms with Gasteiger partial charge in [-0.1, -0.05) is 18.2 Å². The predicted octanol–water partition coefficient (Wildman–Crippen LogP) is 5.11. The van der Waals surface area contributed by atoms with E-state index in [1.807, 2.05) is 13.0 Å². The number of hydrogen-bond acceptors (Lipinski definition) is 6. The summed E-state index contributed by atoms with van der Waals surface area (Å²) in [6.45, 7) is 2.95. The second-order valence-electron chi connectivity index (χ2n) is 6.71. The second-order valence-corrected chi connectivity index (χ2v) is 7.65. The molecule has 2 N–H and O–H groups in total. The van der Waals surface area contributed by atoms with Gasteiger partial charge in [-0.3, -0.25) is 0 Å². The predicted molar refractivity (Wildman–Crippen MR) is 120 cm³/mol. The molecule has 4 rings (SSSR count). The van der Waals surface area contributed by atoms with E-state index in [9.17, 15) is 9.90 Å². The van der Waals surface area contributed by atoms with Crippen molar-refractivity contribution in [3.8, 4) is 17.0 Å². The third-order valence-corrected chi connectivity index (χ3v) is 5.59.